The maximum absolute atomic E-state index is 11.6. The van der Waals surface area contributed by atoms with Crippen molar-refractivity contribution < 1.29 is 19.1 Å². The third-order valence-electron chi connectivity index (χ3n) is 2.64. The minimum absolute atomic E-state index is 0.322. The summed E-state index contributed by atoms with van der Waals surface area (Å²) in [5, 5.41) is 0. The molecular weight excluding hydrogens is 280 g/mol. The summed E-state index contributed by atoms with van der Waals surface area (Å²) in [6.07, 6.45) is 10.2. The molecule has 0 spiro atoms. The summed E-state index contributed by atoms with van der Waals surface area (Å²) in [5.74, 6) is -1.20. The van der Waals surface area contributed by atoms with Crippen molar-refractivity contribution in [2.45, 2.75) is 37.9 Å². The molecule has 0 unspecified atom stereocenters. The van der Waals surface area contributed by atoms with Crippen LogP contribution < -0.4 is 0 Å². The van der Waals surface area contributed by atoms with Crippen LogP contribution in [0.1, 0.15) is 25.7 Å². The minimum atomic E-state index is -0.602. The molecule has 0 N–H and O–H groups in total. The van der Waals surface area contributed by atoms with Crippen LogP contribution in [0.5, 0.6) is 0 Å². The van der Waals surface area contributed by atoms with E-state index in [1.54, 1.807) is 24.3 Å². The van der Waals surface area contributed by atoms with Gasteiger partial charge in [0, 0.05) is 37.8 Å². The second-order valence-electron chi connectivity index (χ2n) is 4.55. The fourth-order valence-corrected chi connectivity index (χ4v) is 1.67. The Bertz CT molecular complexity index is 374. The SMILES string of the molecule is C=CCC(CC=C)OC(=O)/C=C/C(=O)OC(CC=C)CC=C. The Hall–Kier alpha value is -2.36. The second-order valence-corrected chi connectivity index (χ2v) is 4.55. The third-order valence-corrected chi connectivity index (χ3v) is 2.64. The van der Waals surface area contributed by atoms with Crippen LogP contribution in [0, 0.1) is 0 Å². The highest BCUT2D eigenvalue weighted by Crippen LogP contribution is 2.08. The van der Waals surface area contributed by atoms with Crippen molar-refractivity contribution in [3.05, 3.63) is 62.8 Å². The molecule has 0 saturated carbocycles. The summed E-state index contributed by atoms with van der Waals surface area (Å²) >= 11 is 0. The Kier molecular flexibility index (Phi) is 11.1. The third kappa shape index (κ3) is 9.53. The smallest absolute Gasteiger partial charge is 0.331 e. The molecule has 0 aliphatic rings. The zero-order valence-electron chi connectivity index (χ0n) is 12.9. The molecule has 0 aromatic carbocycles. The Morgan fingerprint density at radius 1 is 0.682 bits per heavy atom. The van der Waals surface area contributed by atoms with Crippen LogP contribution >= 0.6 is 0 Å². The Morgan fingerprint density at radius 2 is 0.955 bits per heavy atom. The second kappa shape index (κ2) is 12.4. The van der Waals surface area contributed by atoms with Gasteiger partial charge in [-0.25, -0.2) is 9.59 Å². The highest BCUT2D eigenvalue weighted by molar-refractivity contribution is 5.91. The molecule has 0 amide bonds. The van der Waals surface area contributed by atoms with Crippen LogP contribution in [0.4, 0.5) is 0 Å². The zero-order chi connectivity index (χ0) is 16.8. The van der Waals surface area contributed by atoms with E-state index in [0.29, 0.717) is 25.7 Å². The predicted octanol–water partition coefficient (Wildman–Crippen LogP) is 3.67. The molecule has 0 rings (SSSR count). The lowest BCUT2D eigenvalue weighted by Gasteiger charge is -2.13. The average Bonchev–Trinajstić information content (AvgIpc) is 2.46. The summed E-state index contributed by atoms with van der Waals surface area (Å²) < 4.78 is 10.3. The lowest BCUT2D eigenvalue weighted by molar-refractivity contribution is -0.145. The molecule has 0 fully saturated rings. The lowest BCUT2D eigenvalue weighted by Crippen LogP contribution is -2.17. The molecule has 0 aliphatic carbocycles. The molecule has 0 heterocycles. The van der Waals surface area contributed by atoms with Gasteiger partial charge >= 0.3 is 11.9 Å². The van der Waals surface area contributed by atoms with Gasteiger partial charge in [0.2, 0.25) is 0 Å². The fourth-order valence-electron chi connectivity index (χ4n) is 1.67. The molecule has 0 aliphatic heterocycles. The van der Waals surface area contributed by atoms with Crippen molar-refractivity contribution in [3.8, 4) is 0 Å². The number of hydrogen-bond acceptors (Lipinski definition) is 4. The molecule has 0 radical (unpaired) electrons. The monoisotopic (exact) mass is 304 g/mol. The van der Waals surface area contributed by atoms with Gasteiger partial charge in [-0.15, -0.1) is 26.3 Å². The number of carbonyl (C=O) groups is 2. The van der Waals surface area contributed by atoms with Crippen LogP contribution in [-0.4, -0.2) is 24.1 Å². The minimum Gasteiger partial charge on any atom is -0.459 e. The molecule has 0 aromatic heterocycles. The molecule has 4 heteroatoms. The highest BCUT2D eigenvalue weighted by atomic mass is 16.5. The van der Waals surface area contributed by atoms with Crippen molar-refractivity contribution in [2.75, 3.05) is 0 Å². The van der Waals surface area contributed by atoms with Gasteiger partial charge in [-0.05, 0) is 0 Å². The van der Waals surface area contributed by atoms with Crippen LogP contribution in [0.2, 0.25) is 0 Å². The lowest BCUT2D eigenvalue weighted by atomic mass is 10.2. The first-order chi connectivity index (χ1) is 10.6. The standard InChI is InChI=1S/C18H24O4/c1-5-9-15(10-6-2)21-17(19)13-14-18(20)22-16(11-7-3)12-8-4/h5-8,13-16H,1-4,9-12H2/b14-13+. The summed E-state index contributed by atoms with van der Waals surface area (Å²) in [5.41, 5.74) is 0. The van der Waals surface area contributed by atoms with Crippen LogP contribution in [0.3, 0.4) is 0 Å². The van der Waals surface area contributed by atoms with Gasteiger partial charge in [-0.2, -0.15) is 0 Å². The molecule has 0 atom stereocenters. The summed E-state index contributed by atoms with van der Waals surface area (Å²) in [4.78, 5) is 23.3. The highest BCUT2D eigenvalue weighted by Gasteiger charge is 2.12. The van der Waals surface area contributed by atoms with Gasteiger partial charge in [-0.1, -0.05) is 24.3 Å². The van der Waals surface area contributed by atoms with Crippen LogP contribution in [0.25, 0.3) is 0 Å². The van der Waals surface area contributed by atoms with Crippen molar-refractivity contribution in [3.63, 3.8) is 0 Å². The number of rotatable bonds is 12. The van der Waals surface area contributed by atoms with E-state index in [4.69, 9.17) is 9.47 Å². The quantitative estimate of drug-likeness (QED) is 0.313. The maximum Gasteiger partial charge on any atom is 0.331 e. The molecule has 0 aromatic rings. The largest absolute Gasteiger partial charge is 0.459 e. The van der Waals surface area contributed by atoms with E-state index in [9.17, 15) is 9.59 Å². The van der Waals surface area contributed by atoms with Gasteiger partial charge in [0.25, 0.3) is 0 Å². The van der Waals surface area contributed by atoms with Crippen molar-refractivity contribution in [2.24, 2.45) is 0 Å². The fraction of sp³-hybridized carbons (Fsp3) is 0.333. The van der Waals surface area contributed by atoms with Gasteiger partial charge in [0.15, 0.2) is 0 Å². The first kappa shape index (κ1) is 19.6. The topological polar surface area (TPSA) is 52.6 Å². The summed E-state index contributed by atoms with van der Waals surface area (Å²) in [6, 6.07) is 0. The maximum atomic E-state index is 11.6. The number of carbonyl (C=O) groups excluding carboxylic acids is 2. The van der Waals surface area contributed by atoms with Gasteiger partial charge < -0.3 is 9.47 Å². The Labute approximate surface area is 132 Å². The van der Waals surface area contributed by atoms with E-state index < -0.39 is 11.9 Å². The summed E-state index contributed by atoms with van der Waals surface area (Å²) in [7, 11) is 0. The average molecular weight is 304 g/mol. The molecule has 4 nitrogen and oxygen atoms in total. The number of ether oxygens (including phenoxy) is 2. The number of esters is 2. The van der Waals surface area contributed by atoms with Crippen molar-refractivity contribution in [1.29, 1.82) is 0 Å². The molecule has 0 saturated heterocycles. The van der Waals surface area contributed by atoms with E-state index in [1.165, 1.54) is 0 Å². The Morgan fingerprint density at radius 3 is 1.18 bits per heavy atom. The van der Waals surface area contributed by atoms with Gasteiger partial charge in [0.1, 0.15) is 12.2 Å². The first-order valence-electron chi connectivity index (χ1n) is 7.10. The zero-order valence-corrected chi connectivity index (χ0v) is 12.9. The first-order valence-corrected chi connectivity index (χ1v) is 7.10. The van der Waals surface area contributed by atoms with E-state index >= 15 is 0 Å². The van der Waals surface area contributed by atoms with E-state index in [1.807, 2.05) is 0 Å². The van der Waals surface area contributed by atoms with E-state index in [0.717, 1.165) is 12.2 Å². The Balaban J connectivity index is 4.41. The van der Waals surface area contributed by atoms with Crippen molar-refractivity contribution in [1.82, 2.24) is 0 Å². The molecular formula is C18H24O4. The molecule has 120 valence electrons. The number of hydrogen-bond donors (Lipinski definition) is 0. The molecule has 22 heavy (non-hydrogen) atoms. The van der Waals surface area contributed by atoms with E-state index in [2.05, 4.69) is 26.3 Å². The van der Waals surface area contributed by atoms with Gasteiger partial charge in [-0.3, -0.25) is 0 Å². The predicted molar refractivity (Wildman–Crippen MR) is 88.2 cm³/mol. The normalized spacial score (nSPS) is 10.5. The van der Waals surface area contributed by atoms with Gasteiger partial charge in [0.05, 0.1) is 0 Å². The van der Waals surface area contributed by atoms with E-state index in [-0.39, 0.29) is 12.2 Å². The van der Waals surface area contributed by atoms with Crippen LogP contribution in [0.15, 0.2) is 62.8 Å². The summed E-state index contributed by atoms with van der Waals surface area (Å²) in [6.45, 7) is 14.4. The molecule has 0 bridgehead atoms. The van der Waals surface area contributed by atoms with Crippen LogP contribution in [-0.2, 0) is 19.1 Å². The van der Waals surface area contributed by atoms with Crippen molar-refractivity contribution >= 4 is 11.9 Å².